The first kappa shape index (κ1) is 33.0. The molecule has 1 fully saturated rings. The molecule has 1 saturated heterocycles. The molecular formula is C33H41N7O5. The van der Waals surface area contributed by atoms with Crippen molar-refractivity contribution in [3.63, 3.8) is 0 Å². The molecular weight excluding hydrogens is 574 g/mol. The number of piperazine rings is 1. The number of carbonyl (C=O) groups excluding carboxylic acids is 2. The Kier molecular flexibility index (Phi) is 11.5. The molecule has 0 spiro atoms. The van der Waals surface area contributed by atoms with Gasteiger partial charge in [-0.25, -0.2) is 4.79 Å². The zero-order valence-corrected chi connectivity index (χ0v) is 26.5. The van der Waals surface area contributed by atoms with Crippen LogP contribution in [-0.2, 0) is 19.1 Å². The van der Waals surface area contributed by atoms with Crippen LogP contribution in [0.15, 0.2) is 69.8 Å². The highest BCUT2D eigenvalue weighted by atomic mass is 16.5. The molecule has 238 valence electrons. The van der Waals surface area contributed by atoms with Crippen LogP contribution in [-0.4, -0.2) is 89.1 Å². The van der Waals surface area contributed by atoms with Gasteiger partial charge in [-0.3, -0.25) is 25.0 Å². The first-order chi connectivity index (χ1) is 21.8. The van der Waals surface area contributed by atoms with E-state index in [1.165, 1.54) is 19.9 Å². The third-order valence-electron chi connectivity index (χ3n) is 8.06. The maximum atomic E-state index is 12.9. The van der Waals surface area contributed by atoms with Crippen LogP contribution in [0.25, 0.3) is 0 Å². The van der Waals surface area contributed by atoms with Crippen molar-refractivity contribution in [3.05, 3.63) is 65.4 Å². The monoisotopic (exact) mass is 615 g/mol. The van der Waals surface area contributed by atoms with E-state index in [2.05, 4.69) is 42.6 Å². The third-order valence-corrected chi connectivity index (χ3v) is 8.06. The van der Waals surface area contributed by atoms with E-state index < -0.39 is 23.8 Å². The van der Waals surface area contributed by atoms with Gasteiger partial charge in [0.05, 0.1) is 26.9 Å². The highest BCUT2D eigenvalue weighted by Crippen LogP contribution is 2.40. The van der Waals surface area contributed by atoms with Crippen molar-refractivity contribution in [1.82, 2.24) is 10.2 Å². The van der Waals surface area contributed by atoms with Crippen molar-refractivity contribution in [2.24, 2.45) is 15.9 Å². The van der Waals surface area contributed by atoms with E-state index in [-0.39, 0.29) is 0 Å². The van der Waals surface area contributed by atoms with E-state index in [1.54, 1.807) is 21.0 Å². The number of rotatable bonds is 10. The van der Waals surface area contributed by atoms with Gasteiger partial charge in [0.1, 0.15) is 11.7 Å². The smallest absolute Gasteiger partial charge is 0.336 e. The third kappa shape index (κ3) is 8.19. The number of carbonyl (C=O) groups is 2. The largest absolute Gasteiger partial charge is 0.497 e. The van der Waals surface area contributed by atoms with Gasteiger partial charge < -0.3 is 24.4 Å². The minimum atomic E-state index is -0.800. The Morgan fingerprint density at radius 1 is 1.04 bits per heavy atom. The molecule has 0 aliphatic carbocycles. The molecule has 2 atom stereocenters. The van der Waals surface area contributed by atoms with Gasteiger partial charge in [-0.2, -0.15) is 5.26 Å². The Bertz CT molecular complexity index is 1500. The summed E-state index contributed by atoms with van der Waals surface area (Å²) < 4.78 is 15.5. The molecule has 2 aromatic carbocycles. The molecule has 4 rings (SSSR count). The predicted molar refractivity (Wildman–Crippen MR) is 173 cm³/mol. The van der Waals surface area contributed by atoms with Crippen LogP contribution >= 0.6 is 0 Å². The lowest BCUT2D eigenvalue weighted by atomic mass is 9.75. The number of hydrogen-bond donors (Lipinski definition) is 2. The van der Waals surface area contributed by atoms with Crippen molar-refractivity contribution in [2.45, 2.75) is 26.2 Å². The number of esters is 2. The van der Waals surface area contributed by atoms with Crippen molar-refractivity contribution in [1.29, 1.82) is 5.26 Å². The summed E-state index contributed by atoms with van der Waals surface area (Å²) >= 11 is 0. The molecule has 0 aromatic heterocycles. The number of ether oxygens (including phenoxy) is 3. The molecule has 2 aromatic rings. The normalized spacial score (nSPS) is 18.9. The average molecular weight is 616 g/mol. The summed E-state index contributed by atoms with van der Waals surface area (Å²) in [5, 5.41) is 15.2. The van der Waals surface area contributed by atoms with Crippen LogP contribution in [0.1, 0.15) is 31.7 Å². The van der Waals surface area contributed by atoms with Crippen LogP contribution in [0.4, 0.5) is 11.4 Å². The second-order valence-corrected chi connectivity index (χ2v) is 10.8. The van der Waals surface area contributed by atoms with Gasteiger partial charge in [0, 0.05) is 74.0 Å². The fourth-order valence-corrected chi connectivity index (χ4v) is 5.84. The Balaban J connectivity index is 1.40. The number of benzene rings is 2. The van der Waals surface area contributed by atoms with Crippen LogP contribution in [0.3, 0.4) is 0 Å². The van der Waals surface area contributed by atoms with E-state index in [0.29, 0.717) is 40.7 Å². The summed E-state index contributed by atoms with van der Waals surface area (Å²) in [6, 6.07) is 15.4. The fraction of sp³-hybridized carbons (Fsp3) is 0.424. The number of nitriles is 1. The molecule has 0 amide bonds. The van der Waals surface area contributed by atoms with Crippen LogP contribution < -0.4 is 20.3 Å². The number of aliphatic imine (C=N–C) groups is 2. The molecule has 0 saturated carbocycles. The lowest BCUT2D eigenvalue weighted by Crippen LogP contribution is -2.46. The summed E-state index contributed by atoms with van der Waals surface area (Å²) in [5.41, 5.74) is 3.82. The van der Waals surface area contributed by atoms with Crippen LogP contribution in [0, 0.1) is 17.4 Å². The molecule has 2 N–H and O–H groups in total. The van der Waals surface area contributed by atoms with Gasteiger partial charge in [0.2, 0.25) is 5.96 Å². The molecule has 2 aliphatic rings. The zero-order chi connectivity index (χ0) is 32.3. The van der Waals surface area contributed by atoms with E-state index in [1.807, 2.05) is 42.6 Å². The molecule has 0 radical (unpaired) electrons. The Morgan fingerprint density at radius 2 is 1.80 bits per heavy atom. The lowest BCUT2D eigenvalue weighted by Gasteiger charge is -2.36. The first-order valence-electron chi connectivity index (χ1n) is 14.9. The second kappa shape index (κ2) is 15.7. The lowest BCUT2D eigenvalue weighted by molar-refractivity contribution is -0.143. The molecule has 2 aliphatic heterocycles. The maximum absolute atomic E-state index is 12.9. The highest BCUT2D eigenvalue weighted by molar-refractivity contribution is 6.07. The molecule has 2 heterocycles. The summed E-state index contributed by atoms with van der Waals surface area (Å²) in [5.74, 6) is -1.36. The van der Waals surface area contributed by atoms with Gasteiger partial charge >= 0.3 is 11.9 Å². The summed E-state index contributed by atoms with van der Waals surface area (Å²) in [6.45, 7) is 8.66. The minimum absolute atomic E-state index is 0.295. The van der Waals surface area contributed by atoms with Crippen LogP contribution in [0.5, 0.6) is 5.75 Å². The van der Waals surface area contributed by atoms with E-state index in [0.717, 1.165) is 44.9 Å². The van der Waals surface area contributed by atoms with Gasteiger partial charge in [-0.1, -0.05) is 18.2 Å². The number of guanidine groups is 1. The standard InChI is InChI=1S/C33H41N7O5/c1-22-28(31(41)44-4)30(29(23(2)37-22)32(42)45-5)24-9-6-10-25(19-24)38-33(36-21-34)35-13-8-14-39-15-17-40(18-16-39)26-11-7-12-27(20-26)43-3/h6-7,9-12,19-20,28,30H,8,13-18H2,1-5H3,(H2,35,36,38). The average Bonchev–Trinajstić information content (AvgIpc) is 3.06. The number of nitrogens with zero attached hydrogens (tertiary/aromatic N) is 5. The zero-order valence-electron chi connectivity index (χ0n) is 26.5. The highest BCUT2D eigenvalue weighted by Gasteiger charge is 2.42. The van der Waals surface area contributed by atoms with E-state index in [9.17, 15) is 14.9 Å². The molecule has 2 unspecified atom stereocenters. The number of allylic oxidation sites excluding steroid dienone is 1. The molecule has 12 heteroatoms. The van der Waals surface area contributed by atoms with Crippen molar-refractivity contribution < 1.29 is 23.8 Å². The quantitative estimate of drug-likeness (QED) is 0.102. The SMILES string of the molecule is COC(=O)C1=C(C)N=C(C)C(C(=O)OC)C1c1cccc(NC(=NCCCN2CCN(c3cccc(OC)c3)CC2)NC#N)c1. The summed E-state index contributed by atoms with van der Waals surface area (Å²) in [4.78, 5) is 39.6. The second-order valence-electron chi connectivity index (χ2n) is 10.8. The van der Waals surface area contributed by atoms with Gasteiger partial charge in [-0.15, -0.1) is 0 Å². The summed E-state index contributed by atoms with van der Waals surface area (Å²) in [6.07, 6.45) is 2.77. The van der Waals surface area contributed by atoms with Crippen LogP contribution in [0.2, 0.25) is 0 Å². The molecule has 0 bridgehead atoms. The Morgan fingerprint density at radius 3 is 2.49 bits per heavy atom. The fourth-order valence-electron chi connectivity index (χ4n) is 5.84. The maximum Gasteiger partial charge on any atom is 0.336 e. The van der Waals surface area contributed by atoms with Gasteiger partial charge in [-0.05, 0) is 50.1 Å². The number of methoxy groups -OCH3 is 3. The number of anilines is 2. The van der Waals surface area contributed by atoms with Crippen molar-refractivity contribution in [3.8, 4) is 11.9 Å². The Hall–Kier alpha value is -4.89. The van der Waals surface area contributed by atoms with E-state index >= 15 is 0 Å². The molecule has 12 nitrogen and oxygen atoms in total. The van der Waals surface area contributed by atoms with Crippen molar-refractivity contribution >= 4 is 35.0 Å². The minimum Gasteiger partial charge on any atom is -0.497 e. The predicted octanol–water partition coefficient (Wildman–Crippen LogP) is 3.54. The number of nitrogens with one attached hydrogen (secondary N) is 2. The van der Waals surface area contributed by atoms with Crippen molar-refractivity contribution in [2.75, 3.05) is 70.8 Å². The Labute approximate surface area is 264 Å². The topological polar surface area (TPSA) is 141 Å². The van der Waals surface area contributed by atoms with Gasteiger partial charge in [0.15, 0.2) is 6.19 Å². The molecule has 45 heavy (non-hydrogen) atoms. The van der Waals surface area contributed by atoms with E-state index in [4.69, 9.17) is 14.2 Å². The summed E-state index contributed by atoms with van der Waals surface area (Å²) in [7, 11) is 4.29. The number of hydrogen-bond acceptors (Lipinski definition) is 10. The van der Waals surface area contributed by atoms with Gasteiger partial charge in [0.25, 0.3) is 0 Å². The first-order valence-corrected chi connectivity index (χ1v) is 14.9.